The third-order valence-electron chi connectivity index (χ3n) is 2.36. The van der Waals surface area contributed by atoms with Crippen molar-refractivity contribution < 1.29 is 4.79 Å². The molecule has 0 saturated carbocycles. The van der Waals surface area contributed by atoms with Gasteiger partial charge in [0, 0.05) is 32.4 Å². The van der Waals surface area contributed by atoms with Crippen molar-refractivity contribution >= 4 is 17.7 Å². The largest absolute Gasteiger partial charge is 0.339 e. The first kappa shape index (κ1) is 11.3. The van der Waals surface area contributed by atoms with Crippen molar-refractivity contribution in [2.45, 2.75) is 5.03 Å². The lowest BCUT2D eigenvalue weighted by molar-refractivity contribution is -0.128. The van der Waals surface area contributed by atoms with Crippen molar-refractivity contribution in [3.8, 4) is 0 Å². The molecule has 0 spiro atoms. The Balaban J connectivity index is 1.79. The van der Waals surface area contributed by atoms with Gasteiger partial charge < -0.3 is 10.2 Å². The molecule has 1 fully saturated rings. The smallest absolute Gasteiger partial charge is 0.233 e. The first-order valence-corrected chi connectivity index (χ1v) is 6.24. The SMILES string of the molecule is O=C(CSc1cccnn1)N1CCNCC1. The molecule has 0 aliphatic carbocycles. The number of carbonyl (C=O) groups is 1. The van der Waals surface area contributed by atoms with Gasteiger partial charge in [-0.25, -0.2) is 0 Å². The van der Waals surface area contributed by atoms with Crippen LogP contribution in [0.25, 0.3) is 0 Å². The Hall–Kier alpha value is -1.14. The number of piperazine rings is 1. The van der Waals surface area contributed by atoms with Gasteiger partial charge in [0.2, 0.25) is 5.91 Å². The summed E-state index contributed by atoms with van der Waals surface area (Å²) >= 11 is 1.44. The normalized spacial score (nSPS) is 16.1. The summed E-state index contributed by atoms with van der Waals surface area (Å²) in [6, 6.07) is 3.69. The maximum Gasteiger partial charge on any atom is 0.233 e. The Bertz CT molecular complexity index is 340. The summed E-state index contributed by atoms with van der Waals surface area (Å²) in [4.78, 5) is 13.7. The second kappa shape index (κ2) is 5.81. The fourth-order valence-electron chi connectivity index (χ4n) is 1.51. The van der Waals surface area contributed by atoms with Gasteiger partial charge in [0.05, 0.1) is 5.75 Å². The van der Waals surface area contributed by atoms with Crippen molar-refractivity contribution in [3.05, 3.63) is 18.3 Å². The summed E-state index contributed by atoms with van der Waals surface area (Å²) < 4.78 is 0. The van der Waals surface area contributed by atoms with Gasteiger partial charge in [0.1, 0.15) is 5.03 Å². The van der Waals surface area contributed by atoms with Gasteiger partial charge in [0.25, 0.3) is 0 Å². The zero-order chi connectivity index (χ0) is 11.2. The molecule has 6 heteroatoms. The van der Waals surface area contributed by atoms with Gasteiger partial charge in [-0.05, 0) is 12.1 Å². The first-order valence-electron chi connectivity index (χ1n) is 5.25. The Morgan fingerprint density at radius 1 is 1.50 bits per heavy atom. The van der Waals surface area contributed by atoms with Gasteiger partial charge >= 0.3 is 0 Å². The third kappa shape index (κ3) is 3.18. The molecule has 1 aliphatic rings. The van der Waals surface area contributed by atoms with Crippen LogP contribution in [0.3, 0.4) is 0 Å². The molecule has 5 nitrogen and oxygen atoms in total. The number of amides is 1. The summed E-state index contributed by atoms with van der Waals surface area (Å²) in [6.07, 6.45) is 1.63. The van der Waals surface area contributed by atoms with Crippen molar-refractivity contribution in [3.63, 3.8) is 0 Å². The molecule has 1 aromatic rings. The van der Waals surface area contributed by atoms with E-state index in [9.17, 15) is 4.79 Å². The van der Waals surface area contributed by atoms with E-state index in [0.29, 0.717) is 5.75 Å². The number of thioether (sulfide) groups is 1. The molecular weight excluding hydrogens is 224 g/mol. The van der Waals surface area contributed by atoms with E-state index in [4.69, 9.17) is 0 Å². The number of rotatable bonds is 3. The molecule has 0 aromatic carbocycles. The number of nitrogens with zero attached hydrogens (tertiary/aromatic N) is 3. The fraction of sp³-hybridized carbons (Fsp3) is 0.500. The van der Waals surface area contributed by atoms with Crippen molar-refractivity contribution in [1.82, 2.24) is 20.4 Å². The van der Waals surface area contributed by atoms with Gasteiger partial charge in [-0.2, -0.15) is 5.10 Å². The number of carbonyl (C=O) groups excluding carboxylic acids is 1. The highest BCUT2D eigenvalue weighted by Gasteiger charge is 2.16. The van der Waals surface area contributed by atoms with E-state index >= 15 is 0 Å². The Kier molecular flexibility index (Phi) is 4.12. The maximum atomic E-state index is 11.8. The highest BCUT2D eigenvalue weighted by molar-refractivity contribution is 7.99. The molecule has 86 valence electrons. The lowest BCUT2D eigenvalue weighted by atomic mass is 10.3. The fourth-order valence-corrected chi connectivity index (χ4v) is 2.24. The minimum Gasteiger partial charge on any atom is -0.339 e. The highest BCUT2D eigenvalue weighted by atomic mass is 32.2. The molecule has 1 aliphatic heterocycles. The molecule has 1 aromatic heterocycles. The minimum atomic E-state index is 0.178. The second-order valence-electron chi connectivity index (χ2n) is 3.48. The van der Waals surface area contributed by atoms with Gasteiger partial charge in [-0.15, -0.1) is 5.10 Å². The predicted octanol–water partition coefficient (Wildman–Crippen LogP) is 0.000500. The van der Waals surface area contributed by atoms with Gasteiger partial charge in [-0.1, -0.05) is 11.8 Å². The van der Waals surface area contributed by atoms with Crippen LogP contribution >= 0.6 is 11.8 Å². The molecule has 0 radical (unpaired) electrons. The zero-order valence-corrected chi connectivity index (χ0v) is 9.74. The summed E-state index contributed by atoms with van der Waals surface area (Å²) in [6.45, 7) is 3.39. The molecular formula is C10H14N4OS. The molecule has 2 rings (SSSR count). The van der Waals surface area contributed by atoms with E-state index in [2.05, 4.69) is 15.5 Å². The first-order chi connectivity index (χ1) is 7.86. The van der Waals surface area contributed by atoms with Crippen LogP contribution in [-0.2, 0) is 4.79 Å². The molecule has 1 N–H and O–H groups in total. The van der Waals surface area contributed by atoms with E-state index in [0.717, 1.165) is 31.2 Å². The van der Waals surface area contributed by atoms with Crippen LogP contribution in [-0.4, -0.2) is 52.9 Å². The molecule has 0 atom stereocenters. The summed E-state index contributed by atoms with van der Waals surface area (Å²) in [5.41, 5.74) is 0. The molecule has 1 saturated heterocycles. The quantitative estimate of drug-likeness (QED) is 0.751. The minimum absolute atomic E-state index is 0.178. The van der Waals surface area contributed by atoms with Crippen LogP contribution in [0.1, 0.15) is 0 Å². The van der Waals surface area contributed by atoms with Crippen LogP contribution < -0.4 is 5.32 Å². The van der Waals surface area contributed by atoms with Crippen LogP contribution in [0.15, 0.2) is 23.4 Å². The predicted molar refractivity (Wildman–Crippen MR) is 62.2 cm³/mol. The van der Waals surface area contributed by atoms with E-state index in [1.165, 1.54) is 11.8 Å². The van der Waals surface area contributed by atoms with Crippen LogP contribution in [0.4, 0.5) is 0 Å². The molecule has 1 amide bonds. The monoisotopic (exact) mass is 238 g/mol. The number of hydrogen-bond acceptors (Lipinski definition) is 5. The van der Waals surface area contributed by atoms with Crippen molar-refractivity contribution in [1.29, 1.82) is 0 Å². The van der Waals surface area contributed by atoms with E-state index in [1.54, 1.807) is 6.20 Å². The van der Waals surface area contributed by atoms with Crippen LogP contribution in [0.5, 0.6) is 0 Å². The average molecular weight is 238 g/mol. The Labute approximate surface area is 98.6 Å². The van der Waals surface area contributed by atoms with E-state index < -0.39 is 0 Å². The zero-order valence-electron chi connectivity index (χ0n) is 8.93. The van der Waals surface area contributed by atoms with Crippen molar-refractivity contribution in [2.75, 3.05) is 31.9 Å². The summed E-state index contributed by atoms with van der Waals surface area (Å²) in [5, 5.41) is 11.7. The number of aromatic nitrogens is 2. The maximum absolute atomic E-state index is 11.8. The third-order valence-corrected chi connectivity index (χ3v) is 3.27. The van der Waals surface area contributed by atoms with Gasteiger partial charge in [-0.3, -0.25) is 4.79 Å². The molecule has 0 bridgehead atoms. The Morgan fingerprint density at radius 2 is 2.31 bits per heavy atom. The number of hydrogen-bond donors (Lipinski definition) is 1. The molecule has 16 heavy (non-hydrogen) atoms. The summed E-state index contributed by atoms with van der Waals surface area (Å²) in [7, 11) is 0. The average Bonchev–Trinajstić information content (AvgIpc) is 2.38. The van der Waals surface area contributed by atoms with Crippen LogP contribution in [0.2, 0.25) is 0 Å². The standard InChI is InChI=1S/C10H14N4OS/c15-10(14-6-4-11-5-7-14)8-16-9-2-1-3-12-13-9/h1-3,11H,4-8H2. The Morgan fingerprint density at radius 3 is 3.00 bits per heavy atom. The lowest BCUT2D eigenvalue weighted by Crippen LogP contribution is -2.47. The van der Waals surface area contributed by atoms with Gasteiger partial charge in [0.15, 0.2) is 0 Å². The van der Waals surface area contributed by atoms with E-state index in [-0.39, 0.29) is 5.91 Å². The van der Waals surface area contributed by atoms with Crippen molar-refractivity contribution in [2.24, 2.45) is 0 Å². The summed E-state index contributed by atoms with van der Waals surface area (Å²) in [5.74, 6) is 0.621. The molecule has 0 unspecified atom stereocenters. The lowest BCUT2D eigenvalue weighted by Gasteiger charge is -2.27. The topological polar surface area (TPSA) is 58.1 Å². The highest BCUT2D eigenvalue weighted by Crippen LogP contribution is 2.13. The van der Waals surface area contributed by atoms with E-state index in [1.807, 2.05) is 17.0 Å². The number of nitrogens with one attached hydrogen (secondary N) is 1. The van der Waals surface area contributed by atoms with Crippen LogP contribution in [0, 0.1) is 0 Å². The molecule has 2 heterocycles. The second-order valence-corrected chi connectivity index (χ2v) is 4.48.